The van der Waals surface area contributed by atoms with Crippen LogP contribution in [0.2, 0.25) is 0 Å². The van der Waals surface area contributed by atoms with E-state index in [1.54, 1.807) is 39.0 Å². The van der Waals surface area contributed by atoms with Gasteiger partial charge >= 0.3 is 6.09 Å². The summed E-state index contributed by atoms with van der Waals surface area (Å²) >= 11 is 0. The molecule has 10 heteroatoms. The highest BCUT2D eigenvalue weighted by molar-refractivity contribution is 7.89. The molecule has 9 nitrogen and oxygen atoms in total. The summed E-state index contributed by atoms with van der Waals surface area (Å²) in [7, 11) is -3.98. The normalized spacial score (nSPS) is 13.1. The Morgan fingerprint density at radius 3 is 2.58 bits per heavy atom. The fourth-order valence-corrected chi connectivity index (χ4v) is 4.91. The number of carbonyl (C=O) groups excluding carboxylic acids is 1. The van der Waals surface area contributed by atoms with Crippen LogP contribution < -0.4 is 4.72 Å². The average Bonchev–Trinajstić information content (AvgIpc) is 2.73. The quantitative estimate of drug-likeness (QED) is 0.448. The number of sulfonamides is 1. The van der Waals surface area contributed by atoms with Gasteiger partial charge in [0.1, 0.15) is 5.60 Å². The lowest BCUT2D eigenvalue weighted by atomic mass is 10.1. The maximum Gasteiger partial charge on any atom is 0.410 e. The van der Waals surface area contributed by atoms with Gasteiger partial charge in [0, 0.05) is 42.7 Å². The molecule has 1 aromatic heterocycles. The summed E-state index contributed by atoms with van der Waals surface area (Å²) in [6, 6.07) is 5.60. The zero-order valence-electron chi connectivity index (χ0n) is 19.7. The Kier molecular flexibility index (Phi) is 9.45. The minimum absolute atomic E-state index is 0.0263. The molecule has 184 valence electrons. The van der Waals surface area contributed by atoms with Gasteiger partial charge in [-0.1, -0.05) is 25.8 Å². The predicted octanol–water partition coefficient (Wildman–Crippen LogP) is 3.40. The van der Waals surface area contributed by atoms with Crippen molar-refractivity contribution in [2.45, 2.75) is 69.9 Å². The number of aliphatic hydroxyl groups excluding tert-OH is 1. The van der Waals surface area contributed by atoms with Crippen LogP contribution in [0.1, 0.15) is 53.4 Å². The fraction of sp³-hybridized carbons (Fsp3) is 0.565. The van der Waals surface area contributed by atoms with Crippen molar-refractivity contribution in [1.29, 1.82) is 0 Å². The van der Waals surface area contributed by atoms with Gasteiger partial charge in [-0.15, -0.1) is 0 Å². The van der Waals surface area contributed by atoms with Crippen LogP contribution in [0.3, 0.4) is 0 Å². The Morgan fingerprint density at radius 2 is 1.94 bits per heavy atom. The summed E-state index contributed by atoms with van der Waals surface area (Å²) < 4.78 is 34.9. The molecule has 1 atom stereocenters. The average molecular weight is 482 g/mol. The second kappa shape index (κ2) is 11.6. The van der Waals surface area contributed by atoms with Gasteiger partial charge in [0.15, 0.2) is 0 Å². The Balaban J connectivity index is 2.33. The molecule has 0 radical (unpaired) electrons. The topological polar surface area (TPSA) is 129 Å². The Hall–Kier alpha value is -2.43. The molecule has 0 saturated carbocycles. The number of amides is 1. The Labute approximate surface area is 195 Å². The van der Waals surface area contributed by atoms with Gasteiger partial charge in [-0.2, -0.15) is 0 Å². The van der Waals surface area contributed by atoms with Gasteiger partial charge in [0.05, 0.1) is 4.90 Å². The first-order valence-electron chi connectivity index (χ1n) is 11.2. The lowest BCUT2D eigenvalue weighted by Gasteiger charge is -2.30. The van der Waals surface area contributed by atoms with E-state index in [2.05, 4.69) is 9.71 Å². The highest BCUT2D eigenvalue weighted by atomic mass is 32.2. The van der Waals surface area contributed by atoms with Crippen LogP contribution in [0.25, 0.3) is 10.8 Å². The molecule has 1 heterocycles. The molecule has 0 spiro atoms. The number of aromatic nitrogens is 1. The van der Waals surface area contributed by atoms with Gasteiger partial charge < -0.3 is 19.8 Å². The fourth-order valence-electron chi connectivity index (χ4n) is 3.43. The number of carbonyl (C=O) groups is 1. The molecular weight excluding hydrogens is 446 g/mol. The van der Waals surface area contributed by atoms with E-state index >= 15 is 0 Å². The number of rotatable bonds is 11. The number of benzene rings is 1. The molecule has 0 bridgehead atoms. The lowest BCUT2D eigenvalue weighted by molar-refractivity contribution is 0.0224. The number of hydrogen-bond acceptors (Lipinski definition) is 7. The van der Waals surface area contributed by atoms with Crippen molar-refractivity contribution in [3.05, 3.63) is 30.5 Å². The van der Waals surface area contributed by atoms with Crippen molar-refractivity contribution in [3.8, 4) is 5.88 Å². The van der Waals surface area contributed by atoms with Gasteiger partial charge in [-0.05, 0) is 51.8 Å². The third-order valence-electron chi connectivity index (χ3n) is 4.94. The first-order valence-corrected chi connectivity index (χ1v) is 12.6. The first kappa shape index (κ1) is 26.8. The van der Waals surface area contributed by atoms with Crippen LogP contribution >= 0.6 is 0 Å². The number of aliphatic hydroxyl groups is 1. The van der Waals surface area contributed by atoms with Crippen LogP contribution in [0.15, 0.2) is 35.4 Å². The molecule has 0 unspecified atom stereocenters. The predicted molar refractivity (Wildman–Crippen MR) is 127 cm³/mol. The van der Waals surface area contributed by atoms with Gasteiger partial charge in [-0.3, -0.25) is 0 Å². The summed E-state index contributed by atoms with van der Waals surface area (Å²) in [6.45, 7) is 7.53. The van der Waals surface area contributed by atoms with Crippen LogP contribution in [-0.4, -0.2) is 65.9 Å². The zero-order valence-corrected chi connectivity index (χ0v) is 20.6. The summed E-state index contributed by atoms with van der Waals surface area (Å²) in [5, 5.41) is 20.0. The maximum atomic E-state index is 13.3. The lowest BCUT2D eigenvalue weighted by Crippen LogP contribution is -2.47. The second-order valence-corrected chi connectivity index (χ2v) is 10.6. The summed E-state index contributed by atoms with van der Waals surface area (Å²) in [5.74, 6) is -0.243. The van der Waals surface area contributed by atoms with Crippen LogP contribution in [-0.2, 0) is 14.8 Å². The smallest absolute Gasteiger partial charge is 0.410 e. The number of nitrogens with zero attached hydrogens (tertiary/aromatic N) is 2. The largest absolute Gasteiger partial charge is 0.493 e. The minimum Gasteiger partial charge on any atom is -0.493 e. The van der Waals surface area contributed by atoms with Crippen LogP contribution in [0, 0.1) is 0 Å². The van der Waals surface area contributed by atoms with E-state index in [0.29, 0.717) is 23.6 Å². The van der Waals surface area contributed by atoms with E-state index in [-0.39, 0.29) is 30.5 Å². The molecule has 0 saturated heterocycles. The van der Waals surface area contributed by atoms with E-state index in [1.807, 2.05) is 6.92 Å². The number of aromatic hydroxyl groups is 1. The molecular formula is C23H35N3O6S. The monoisotopic (exact) mass is 481 g/mol. The molecule has 0 fully saturated rings. The van der Waals surface area contributed by atoms with E-state index in [1.165, 1.54) is 17.2 Å². The minimum atomic E-state index is -3.98. The van der Waals surface area contributed by atoms with Crippen molar-refractivity contribution in [3.63, 3.8) is 0 Å². The molecule has 1 aromatic carbocycles. The zero-order chi connectivity index (χ0) is 24.6. The number of unbranched alkanes of at least 4 members (excludes halogenated alkanes) is 1. The molecule has 33 heavy (non-hydrogen) atoms. The Bertz CT molecular complexity index is 1040. The third kappa shape index (κ3) is 7.83. The summed E-state index contributed by atoms with van der Waals surface area (Å²) in [4.78, 5) is 18.0. The van der Waals surface area contributed by atoms with Crippen molar-refractivity contribution in [1.82, 2.24) is 14.6 Å². The molecule has 3 N–H and O–H groups in total. The van der Waals surface area contributed by atoms with Gasteiger partial charge in [0.25, 0.3) is 0 Å². The Morgan fingerprint density at radius 1 is 1.21 bits per heavy atom. The molecule has 0 aliphatic heterocycles. The standard InChI is InChI=1S/C23H35N3O6S/c1-5-6-9-17(16-26(14-8-15-27)22(29)32-23(2,3)4)25-33(30,31)20-11-7-10-19-18(20)12-13-24-21(19)28/h7,10-13,17,25,27H,5-6,8-9,14-16H2,1-4H3,(H,24,28)/t17-/m1/s1. The van der Waals surface area contributed by atoms with Gasteiger partial charge in [0.2, 0.25) is 15.9 Å². The van der Waals surface area contributed by atoms with Crippen LogP contribution in [0.4, 0.5) is 4.79 Å². The number of fused-ring (bicyclic) bond motifs is 1. The summed E-state index contributed by atoms with van der Waals surface area (Å²) in [5.41, 5.74) is -0.702. The molecule has 0 aliphatic carbocycles. The summed E-state index contributed by atoms with van der Waals surface area (Å²) in [6.07, 6.45) is 3.28. The van der Waals surface area contributed by atoms with E-state index in [0.717, 1.165) is 12.8 Å². The van der Waals surface area contributed by atoms with E-state index < -0.39 is 27.8 Å². The van der Waals surface area contributed by atoms with Crippen molar-refractivity contribution in [2.75, 3.05) is 19.7 Å². The first-order chi connectivity index (χ1) is 15.5. The highest BCUT2D eigenvalue weighted by Crippen LogP contribution is 2.28. The number of ether oxygens (including phenoxy) is 1. The number of pyridine rings is 1. The highest BCUT2D eigenvalue weighted by Gasteiger charge is 2.28. The number of hydrogen-bond donors (Lipinski definition) is 3. The molecule has 2 aromatic rings. The SMILES string of the molecule is CCCC[C@H](CN(CCCO)C(=O)OC(C)(C)C)NS(=O)(=O)c1cccc2c(O)nccc12. The number of nitrogens with one attached hydrogen (secondary N) is 1. The van der Waals surface area contributed by atoms with Crippen molar-refractivity contribution >= 4 is 26.9 Å². The molecule has 2 rings (SSSR count). The maximum absolute atomic E-state index is 13.3. The third-order valence-corrected chi connectivity index (χ3v) is 6.52. The van der Waals surface area contributed by atoms with E-state index in [9.17, 15) is 23.4 Å². The van der Waals surface area contributed by atoms with Crippen molar-refractivity contribution < 1.29 is 28.2 Å². The second-order valence-electron chi connectivity index (χ2n) is 8.95. The molecule has 0 aliphatic rings. The van der Waals surface area contributed by atoms with Crippen molar-refractivity contribution in [2.24, 2.45) is 0 Å². The van der Waals surface area contributed by atoms with Crippen LogP contribution in [0.5, 0.6) is 5.88 Å². The molecule has 1 amide bonds. The van der Waals surface area contributed by atoms with Gasteiger partial charge in [-0.25, -0.2) is 22.9 Å². The van der Waals surface area contributed by atoms with E-state index in [4.69, 9.17) is 4.74 Å².